The van der Waals surface area contributed by atoms with Crippen LogP contribution in [0.1, 0.15) is 36.6 Å². The summed E-state index contributed by atoms with van der Waals surface area (Å²) in [5, 5.41) is 0. The van der Waals surface area contributed by atoms with Crippen molar-refractivity contribution in [1.29, 1.82) is 0 Å². The highest BCUT2D eigenvalue weighted by atomic mass is 14.7. The normalized spacial score (nSPS) is 19.3. The monoisotopic (exact) mass is 236 g/mol. The third kappa shape index (κ3) is 2.19. The molecule has 18 heavy (non-hydrogen) atoms. The topological polar surface area (TPSA) is 25.8 Å². The summed E-state index contributed by atoms with van der Waals surface area (Å²) in [7, 11) is 0. The van der Waals surface area contributed by atoms with E-state index >= 15 is 0 Å². The van der Waals surface area contributed by atoms with Gasteiger partial charge in [0.25, 0.3) is 0 Å². The molecule has 2 nitrogen and oxygen atoms in total. The Kier molecular flexibility index (Phi) is 3.18. The van der Waals surface area contributed by atoms with Crippen LogP contribution in [0.15, 0.2) is 54.9 Å². The Bertz CT molecular complexity index is 532. The molecule has 3 rings (SSSR count). The van der Waals surface area contributed by atoms with Crippen molar-refractivity contribution in [2.24, 2.45) is 0 Å². The number of allylic oxidation sites excluding steroid dienone is 2. The van der Waals surface area contributed by atoms with E-state index in [4.69, 9.17) is 0 Å². The van der Waals surface area contributed by atoms with Crippen molar-refractivity contribution in [3.05, 3.63) is 66.3 Å². The number of aromatic nitrogens is 2. The minimum absolute atomic E-state index is 0.398. The van der Waals surface area contributed by atoms with Gasteiger partial charge in [0.15, 0.2) is 0 Å². The van der Waals surface area contributed by atoms with E-state index in [1.54, 1.807) is 0 Å². The fourth-order valence-corrected chi connectivity index (χ4v) is 2.58. The summed E-state index contributed by atoms with van der Waals surface area (Å²) >= 11 is 0. The van der Waals surface area contributed by atoms with Crippen LogP contribution in [0, 0.1) is 0 Å². The summed E-state index contributed by atoms with van der Waals surface area (Å²) in [6.45, 7) is 0. The van der Waals surface area contributed by atoms with E-state index in [9.17, 15) is 0 Å². The summed E-state index contributed by atoms with van der Waals surface area (Å²) in [4.78, 5) is 8.99. The molecule has 0 bridgehead atoms. The molecule has 0 N–H and O–H groups in total. The molecule has 0 radical (unpaired) electrons. The molecule has 1 atom stereocenters. The van der Waals surface area contributed by atoms with Gasteiger partial charge < -0.3 is 0 Å². The molecule has 0 saturated carbocycles. The highest BCUT2D eigenvalue weighted by molar-refractivity contribution is 5.69. The molecule has 0 spiro atoms. The molecule has 90 valence electrons. The zero-order valence-electron chi connectivity index (χ0n) is 10.3. The van der Waals surface area contributed by atoms with Crippen molar-refractivity contribution < 1.29 is 0 Å². The maximum Gasteiger partial charge on any atom is 0.0665 e. The highest BCUT2D eigenvalue weighted by Crippen LogP contribution is 2.37. The third-order valence-electron chi connectivity index (χ3n) is 3.44. The van der Waals surface area contributed by atoms with Gasteiger partial charge in [-0.1, -0.05) is 18.2 Å². The number of hydrogen-bond acceptors (Lipinski definition) is 2. The number of rotatable bonds is 2. The lowest BCUT2D eigenvalue weighted by Gasteiger charge is -2.23. The lowest BCUT2D eigenvalue weighted by Crippen LogP contribution is -2.08. The van der Waals surface area contributed by atoms with Crippen LogP contribution in [0.25, 0.3) is 5.57 Å². The van der Waals surface area contributed by atoms with Gasteiger partial charge >= 0.3 is 0 Å². The summed E-state index contributed by atoms with van der Waals surface area (Å²) < 4.78 is 0. The van der Waals surface area contributed by atoms with Crippen molar-refractivity contribution in [3.8, 4) is 0 Å². The van der Waals surface area contributed by atoms with Gasteiger partial charge in [-0.05, 0) is 49.1 Å². The molecule has 0 aliphatic heterocycles. The van der Waals surface area contributed by atoms with E-state index in [2.05, 4.69) is 34.2 Å². The quantitative estimate of drug-likeness (QED) is 0.792. The minimum Gasteiger partial charge on any atom is -0.261 e. The van der Waals surface area contributed by atoms with Crippen molar-refractivity contribution >= 4 is 5.57 Å². The zero-order valence-corrected chi connectivity index (χ0v) is 10.3. The lowest BCUT2D eigenvalue weighted by atomic mass is 9.83. The Labute approximate surface area is 107 Å². The van der Waals surface area contributed by atoms with E-state index in [0.717, 1.165) is 17.8 Å². The fraction of sp³-hybridized carbons (Fsp3) is 0.250. The Hall–Kier alpha value is -1.96. The second-order valence-electron chi connectivity index (χ2n) is 4.61. The van der Waals surface area contributed by atoms with Crippen LogP contribution in [0.3, 0.4) is 0 Å². The van der Waals surface area contributed by atoms with E-state index in [1.807, 2.05) is 30.6 Å². The molecule has 2 heteroatoms. The molecule has 0 amide bonds. The van der Waals surface area contributed by atoms with Gasteiger partial charge in [0.1, 0.15) is 0 Å². The highest BCUT2D eigenvalue weighted by Gasteiger charge is 2.22. The Morgan fingerprint density at radius 2 is 1.78 bits per heavy atom. The minimum atomic E-state index is 0.398. The van der Waals surface area contributed by atoms with Crippen LogP contribution in [-0.4, -0.2) is 9.97 Å². The van der Waals surface area contributed by atoms with Crippen LogP contribution in [0.2, 0.25) is 0 Å². The Morgan fingerprint density at radius 3 is 2.50 bits per heavy atom. The SMILES string of the molecule is C1=C(c2ccccn2)C(c2ccccn2)CCC1. The fourth-order valence-electron chi connectivity index (χ4n) is 2.58. The van der Waals surface area contributed by atoms with Gasteiger partial charge in [-0.3, -0.25) is 9.97 Å². The molecule has 1 aliphatic rings. The average Bonchev–Trinajstić information content (AvgIpc) is 2.49. The van der Waals surface area contributed by atoms with Crippen LogP contribution in [0.5, 0.6) is 0 Å². The van der Waals surface area contributed by atoms with Crippen LogP contribution >= 0.6 is 0 Å². The largest absolute Gasteiger partial charge is 0.261 e. The van der Waals surface area contributed by atoms with Crippen LogP contribution < -0.4 is 0 Å². The number of pyridine rings is 2. The number of hydrogen-bond donors (Lipinski definition) is 0. The zero-order chi connectivity index (χ0) is 12.2. The molecule has 2 aromatic heterocycles. The lowest BCUT2D eigenvalue weighted by molar-refractivity contribution is 0.654. The molecule has 1 aliphatic carbocycles. The smallest absolute Gasteiger partial charge is 0.0665 e. The van der Waals surface area contributed by atoms with Gasteiger partial charge in [0, 0.05) is 24.0 Å². The van der Waals surface area contributed by atoms with E-state index in [-0.39, 0.29) is 0 Å². The average molecular weight is 236 g/mol. The predicted molar refractivity (Wildman–Crippen MR) is 73.0 cm³/mol. The van der Waals surface area contributed by atoms with E-state index < -0.39 is 0 Å². The summed E-state index contributed by atoms with van der Waals surface area (Å²) in [5.74, 6) is 0.398. The van der Waals surface area contributed by atoms with Crippen LogP contribution in [0.4, 0.5) is 0 Å². The van der Waals surface area contributed by atoms with Crippen LogP contribution in [-0.2, 0) is 0 Å². The van der Waals surface area contributed by atoms with Gasteiger partial charge in [0.2, 0.25) is 0 Å². The first-order valence-corrected chi connectivity index (χ1v) is 6.47. The van der Waals surface area contributed by atoms with Crippen molar-refractivity contribution in [1.82, 2.24) is 9.97 Å². The second-order valence-corrected chi connectivity index (χ2v) is 4.61. The van der Waals surface area contributed by atoms with E-state index in [0.29, 0.717) is 5.92 Å². The first-order chi connectivity index (χ1) is 8.95. The van der Waals surface area contributed by atoms with Gasteiger partial charge in [-0.2, -0.15) is 0 Å². The van der Waals surface area contributed by atoms with Gasteiger partial charge in [-0.25, -0.2) is 0 Å². The molecule has 0 saturated heterocycles. The molecule has 2 heterocycles. The molecule has 2 aromatic rings. The summed E-state index contributed by atoms with van der Waals surface area (Å²) in [5.41, 5.74) is 3.59. The number of nitrogens with zero attached hydrogens (tertiary/aromatic N) is 2. The molecule has 0 aromatic carbocycles. The van der Waals surface area contributed by atoms with E-state index in [1.165, 1.54) is 18.4 Å². The first kappa shape index (κ1) is 11.1. The Balaban J connectivity index is 1.99. The Morgan fingerprint density at radius 1 is 0.944 bits per heavy atom. The summed E-state index contributed by atoms with van der Waals surface area (Å²) in [6, 6.07) is 12.2. The van der Waals surface area contributed by atoms with Crippen molar-refractivity contribution in [3.63, 3.8) is 0 Å². The van der Waals surface area contributed by atoms with Gasteiger partial charge in [0.05, 0.1) is 5.69 Å². The standard InChI is InChI=1S/C16H16N2/c1-2-8-14(16-10-4-6-12-18-16)13(7-1)15-9-3-5-11-17-15/h3-7,9-12,14H,1-2,8H2. The predicted octanol–water partition coefficient (Wildman–Crippen LogP) is 3.83. The molecular weight excluding hydrogens is 220 g/mol. The molecular formula is C16H16N2. The summed E-state index contributed by atoms with van der Waals surface area (Å²) in [6.07, 6.45) is 9.61. The molecule has 1 unspecified atom stereocenters. The van der Waals surface area contributed by atoms with Crippen molar-refractivity contribution in [2.75, 3.05) is 0 Å². The second kappa shape index (κ2) is 5.13. The van der Waals surface area contributed by atoms with Crippen molar-refractivity contribution in [2.45, 2.75) is 25.2 Å². The third-order valence-corrected chi connectivity index (χ3v) is 3.44. The van der Waals surface area contributed by atoms with Gasteiger partial charge in [-0.15, -0.1) is 0 Å². The molecule has 0 fully saturated rings. The maximum atomic E-state index is 4.51. The first-order valence-electron chi connectivity index (χ1n) is 6.47. The maximum absolute atomic E-state index is 4.51.